The molecule has 4 aromatic rings. The summed E-state index contributed by atoms with van der Waals surface area (Å²) in [6, 6.07) is 24.3. The first-order valence-corrected chi connectivity index (χ1v) is 9.86. The van der Waals surface area contributed by atoms with Gasteiger partial charge in [0.05, 0.1) is 11.3 Å². The molecule has 0 spiro atoms. The lowest BCUT2D eigenvalue weighted by Crippen LogP contribution is -2.22. The first-order chi connectivity index (χ1) is 14.6. The minimum atomic E-state index is -0.364. The van der Waals surface area contributed by atoms with E-state index in [0.29, 0.717) is 22.8 Å². The summed E-state index contributed by atoms with van der Waals surface area (Å²) in [7, 11) is 0. The van der Waals surface area contributed by atoms with Crippen molar-refractivity contribution in [3.05, 3.63) is 106 Å². The summed E-state index contributed by atoms with van der Waals surface area (Å²) < 4.78 is 0. The number of pyridine rings is 1. The minimum Gasteiger partial charge on any atom is -0.505 e. The smallest absolute Gasteiger partial charge is 0.255 e. The van der Waals surface area contributed by atoms with Crippen LogP contribution in [0.3, 0.4) is 0 Å². The maximum Gasteiger partial charge on any atom is 0.255 e. The Morgan fingerprint density at radius 3 is 2.43 bits per heavy atom. The van der Waals surface area contributed by atoms with Gasteiger partial charge in [-0.2, -0.15) is 0 Å². The van der Waals surface area contributed by atoms with E-state index in [2.05, 4.69) is 10.3 Å². The van der Waals surface area contributed by atoms with Gasteiger partial charge in [-0.05, 0) is 41.5 Å². The van der Waals surface area contributed by atoms with E-state index in [1.54, 1.807) is 24.3 Å². The van der Waals surface area contributed by atoms with Gasteiger partial charge in [-0.1, -0.05) is 72.3 Å². The number of aromatic nitrogens is 1. The Morgan fingerprint density at radius 1 is 0.933 bits per heavy atom. The summed E-state index contributed by atoms with van der Waals surface area (Å²) >= 11 is 5.88. The number of nitrogens with zero attached hydrogens (tertiary/aromatic N) is 1. The molecule has 30 heavy (non-hydrogen) atoms. The molecule has 0 unspecified atom stereocenters. The predicted octanol–water partition coefficient (Wildman–Crippen LogP) is 5.69. The van der Waals surface area contributed by atoms with Crippen molar-refractivity contribution < 1.29 is 9.90 Å². The predicted molar refractivity (Wildman–Crippen MR) is 121 cm³/mol. The summed E-state index contributed by atoms with van der Waals surface area (Å²) in [5, 5.41) is 14.9. The van der Waals surface area contributed by atoms with Crippen molar-refractivity contribution in [3.8, 4) is 5.75 Å². The van der Waals surface area contributed by atoms with Gasteiger partial charge < -0.3 is 10.4 Å². The Hall–Kier alpha value is -3.63. The maximum atomic E-state index is 12.6. The number of hydrogen-bond donors (Lipinski definition) is 2. The van der Waals surface area contributed by atoms with E-state index in [-0.39, 0.29) is 17.2 Å². The van der Waals surface area contributed by atoms with Crippen LogP contribution < -0.4 is 5.32 Å². The molecule has 0 fully saturated rings. The van der Waals surface area contributed by atoms with Crippen molar-refractivity contribution in [1.82, 2.24) is 10.3 Å². The van der Waals surface area contributed by atoms with Gasteiger partial charge in [0.2, 0.25) is 0 Å². The number of fused-ring (bicyclic) bond motifs is 1. The molecule has 0 atom stereocenters. The molecule has 0 saturated carbocycles. The normalized spacial score (nSPS) is 11.1. The fourth-order valence-electron chi connectivity index (χ4n) is 3.09. The standard InChI is InChI=1S/C25H19ClN2O2/c26-20-11-6-18(7-12-20)16-27-25(30)22-15-10-19-9-14-21(28-23(19)24(22)29)13-8-17-4-2-1-3-5-17/h1-15,29H,16H2,(H,27,30)/b13-8+. The number of aromatic hydroxyl groups is 1. The Labute approximate surface area is 179 Å². The number of benzene rings is 3. The molecule has 0 aliphatic heterocycles. The van der Waals surface area contributed by atoms with Crippen molar-refractivity contribution in [2.24, 2.45) is 0 Å². The molecule has 0 radical (unpaired) electrons. The number of carbonyl (C=O) groups excluding carboxylic acids is 1. The van der Waals surface area contributed by atoms with Gasteiger partial charge in [0, 0.05) is 17.0 Å². The molecule has 3 aromatic carbocycles. The van der Waals surface area contributed by atoms with E-state index in [1.165, 1.54) is 0 Å². The van der Waals surface area contributed by atoms with E-state index >= 15 is 0 Å². The Balaban J connectivity index is 1.56. The minimum absolute atomic E-state index is 0.129. The fourth-order valence-corrected chi connectivity index (χ4v) is 3.22. The van der Waals surface area contributed by atoms with Crippen LogP contribution in [-0.4, -0.2) is 16.0 Å². The highest BCUT2D eigenvalue weighted by Crippen LogP contribution is 2.28. The lowest BCUT2D eigenvalue weighted by atomic mass is 10.1. The second kappa shape index (κ2) is 8.80. The molecule has 0 aliphatic carbocycles. The van der Waals surface area contributed by atoms with Gasteiger partial charge in [-0.3, -0.25) is 4.79 Å². The van der Waals surface area contributed by atoms with Gasteiger partial charge in [-0.25, -0.2) is 4.98 Å². The van der Waals surface area contributed by atoms with Gasteiger partial charge in [0.1, 0.15) is 5.52 Å². The fraction of sp³-hybridized carbons (Fsp3) is 0.0400. The average molecular weight is 415 g/mol. The number of phenolic OH excluding ortho intramolecular Hbond substituents is 1. The van der Waals surface area contributed by atoms with Crippen LogP contribution in [-0.2, 0) is 6.54 Å². The molecule has 1 heterocycles. The van der Waals surface area contributed by atoms with Crippen LogP contribution in [0.15, 0.2) is 78.9 Å². The van der Waals surface area contributed by atoms with Crippen LogP contribution in [0.4, 0.5) is 0 Å². The molecule has 1 aromatic heterocycles. The third kappa shape index (κ3) is 4.50. The van der Waals surface area contributed by atoms with Crippen molar-refractivity contribution >= 4 is 40.6 Å². The molecule has 5 heteroatoms. The first-order valence-electron chi connectivity index (χ1n) is 9.49. The lowest BCUT2D eigenvalue weighted by Gasteiger charge is -2.09. The number of rotatable bonds is 5. The van der Waals surface area contributed by atoms with Crippen molar-refractivity contribution in [2.75, 3.05) is 0 Å². The van der Waals surface area contributed by atoms with E-state index in [9.17, 15) is 9.90 Å². The molecular formula is C25H19ClN2O2. The van der Waals surface area contributed by atoms with Crippen LogP contribution >= 0.6 is 11.6 Å². The summed E-state index contributed by atoms with van der Waals surface area (Å²) in [5.41, 5.74) is 3.25. The van der Waals surface area contributed by atoms with Crippen LogP contribution in [0, 0.1) is 0 Å². The van der Waals surface area contributed by atoms with Crippen LogP contribution in [0.1, 0.15) is 27.2 Å². The van der Waals surface area contributed by atoms with Crippen LogP contribution in [0.2, 0.25) is 5.02 Å². The van der Waals surface area contributed by atoms with Crippen molar-refractivity contribution in [3.63, 3.8) is 0 Å². The SMILES string of the molecule is O=C(NCc1ccc(Cl)cc1)c1ccc2ccc(/C=C/c3ccccc3)nc2c1O. The zero-order valence-electron chi connectivity index (χ0n) is 16.0. The van der Waals surface area contributed by atoms with E-state index < -0.39 is 0 Å². The molecule has 4 nitrogen and oxygen atoms in total. The second-order valence-electron chi connectivity index (χ2n) is 6.82. The summed E-state index contributed by atoms with van der Waals surface area (Å²) in [6.45, 7) is 0.334. The van der Waals surface area contributed by atoms with E-state index in [0.717, 1.165) is 16.5 Å². The monoisotopic (exact) mass is 414 g/mol. The van der Waals surface area contributed by atoms with Crippen molar-refractivity contribution in [2.45, 2.75) is 6.54 Å². The van der Waals surface area contributed by atoms with Gasteiger partial charge in [0.15, 0.2) is 5.75 Å². The maximum absolute atomic E-state index is 12.6. The second-order valence-corrected chi connectivity index (χ2v) is 7.26. The highest BCUT2D eigenvalue weighted by molar-refractivity contribution is 6.30. The number of nitrogens with one attached hydrogen (secondary N) is 1. The summed E-state index contributed by atoms with van der Waals surface area (Å²) in [6.07, 6.45) is 3.83. The van der Waals surface area contributed by atoms with E-state index in [4.69, 9.17) is 11.6 Å². The molecule has 2 N–H and O–H groups in total. The molecule has 0 saturated heterocycles. The summed E-state index contributed by atoms with van der Waals surface area (Å²) in [4.78, 5) is 17.1. The number of amides is 1. The molecule has 4 rings (SSSR count). The highest BCUT2D eigenvalue weighted by Gasteiger charge is 2.15. The number of carbonyl (C=O) groups is 1. The quantitative estimate of drug-likeness (QED) is 0.440. The number of halogens is 1. The zero-order chi connectivity index (χ0) is 20.9. The molecule has 1 amide bonds. The van der Waals surface area contributed by atoms with Crippen LogP contribution in [0.25, 0.3) is 23.1 Å². The topological polar surface area (TPSA) is 62.2 Å². The third-order valence-corrected chi connectivity index (χ3v) is 4.97. The molecule has 148 valence electrons. The Morgan fingerprint density at radius 2 is 1.67 bits per heavy atom. The number of phenols is 1. The van der Waals surface area contributed by atoms with Gasteiger partial charge in [-0.15, -0.1) is 0 Å². The Kier molecular flexibility index (Phi) is 5.77. The summed E-state index contributed by atoms with van der Waals surface area (Å²) in [5.74, 6) is -0.493. The molecular weight excluding hydrogens is 396 g/mol. The van der Waals surface area contributed by atoms with Crippen molar-refractivity contribution in [1.29, 1.82) is 0 Å². The molecule has 0 bridgehead atoms. The van der Waals surface area contributed by atoms with E-state index in [1.807, 2.05) is 66.7 Å². The lowest BCUT2D eigenvalue weighted by molar-refractivity contribution is 0.0948. The number of hydrogen-bond acceptors (Lipinski definition) is 3. The molecule has 0 aliphatic rings. The van der Waals surface area contributed by atoms with Crippen LogP contribution in [0.5, 0.6) is 5.75 Å². The Bertz CT molecular complexity index is 1220. The largest absolute Gasteiger partial charge is 0.505 e. The average Bonchev–Trinajstić information content (AvgIpc) is 2.78. The van der Waals surface area contributed by atoms with Gasteiger partial charge >= 0.3 is 0 Å². The third-order valence-electron chi connectivity index (χ3n) is 4.71. The zero-order valence-corrected chi connectivity index (χ0v) is 16.8. The van der Waals surface area contributed by atoms with Gasteiger partial charge in [0.25, 0.3) is 5.91 Å². The first kappa shape index (κ1) is 19.7. The highest BCUT2D eigenvalue weighted by atomic mass is 35.5.